The van der Waals surface area contributed by atoms with Crippen molar-refractivity contribution in [1.82, 2.24) is 19.9 Å². The number of fused-ring (bicyclic) bond motifs is 1. The maximum absolute atomic E-state index is 5.29. The molecule has 2 heterocycles. The third-order valence-corrected chi connectivity index (χ3v) is 2.71. The van der Waals surface area contributed by atoms with Gasteiger partial charge in [0.1, 0.15) is 0 Å². The molecule has 2 aromatic heterocycles. The van der Waals surface area contributed by atoms with Crippen LogP contribution in [0, 0.1) is 0 Å². The molecule has 0 saturated carbocycles. The van der Waals surface area contributed by atoms with Crippen molar-refractivity contribution in [3.8, 4) is 11.5 Å². The average Bonchev–Trinajstić information content (AvgIpc) is 2.92. The van der Waals surface area contributed by atoms with Gasteiger partial charge in [0, 0.05) is 32.7 Å². The molecule has 0 aliphatic heterocycles. The van der Waals surface area contributed by atoms with Gasteiger partial charge in [-0.05, 0) is 17.3 Å². The number of nitrogens with zero attached hydrogens (tertiary/aromatic N) is 5. The molecular weight excluding hydrogens is 230 g/mol. The summed E-state index contributed by atoms with van der Waals surface area (Å²) in [6.45, 7) is 0. The van der Waals surface area contributed by atoms with Crippen molar-refractivity contribution in [2.75, 3.05) is 19.0 Å². The van der Waals surface area contributed by atoms with E-state index in [9.17, 15) is 0 Å². The van der Waals surface area contributed by atoms with Gasteiger partial charge in [-0.2, -0.15) is 10.1 Å². The fourth-order valence-corrected chi connectivity index (χ4v) is 1.85. The third kappa shape index (κ3) is 1.62. The normalized spacial score (nSPS) is 11.1. The molecule has 0 aliphatic carbocycles. The maximum Gasteiger partial charge on any atom is 0.265 e. The fourth-order valence-electron chi connectivity index (χ4n) is 1.85. The lowest BCUT2D eigenvalue weighted by Gasteiger charge is -2.02. The highest BCUT2D eigenvalue weighted by Gasteiger charge is 2.14. The van der Waals surface area contributed by atoms with Crippen LogP contribution in [0.25, 0.3) is 22.4 Å². The molecule has 0 N–H and O–H groups in total. The molecule has 0 aliphatic rings. The standard InChI is InChI=1S/C12H13N5O/c1-16(2)12-13-11(18-15-12)8-5-4-6-10-9(8)7-17(3)14-10/h4-7H,1-3H3. The summed E-state index contributed by atoms with van der Waals surface area (Å²) in [5.74, 6) is 1.07. The van der Waals surface area contributed by atoms with Crippen LogP contribution < -0.4 is 4.90 Å². The lowest BCUT2D eigenvalue weighted by atomic mass is 10.1. The smallest absolute Gasteiger partial charge is 0.265 e. The monoisotopic (exact) mass is 243 g/mol. The molecule has 0 unspecified atom stereocenters. The van der Waals surface area contributed by atoms with Crippen LogP contribution >= 0.6 is 0 Å². The van der Waals surface area contributed by atoms with E-state index >= 15 is 0 Å². The zero-order valence-corrected chi connectivity index (χ0v) is 10.5. The highest BCUT2D eigenvalue weighted by Crippen LogP contribution is 2.27. The highest BCUT2D eigenvalue weighted by molar-refractivity contribution is 5.92. The highest BCUT2D eigenvalue weighted by atomic mass is 16.5. The second-order valence-corrected chi connectivity index (χ2v) is 4.34. The van der Waals surface area contributed by atoms with Crippen LogP contribution in [0.5, 0.6) is 0 Å². The van der Waals surface area contributed by atoms with Gasteiger partial charge in [-0.1, -0.05) is 6.07 Å². The summed E-state index contributed by atoms with van der Waals surface area (Å²) in [7, 11) is 5.64. The molecule has 0 atom stereocenters. The second-order valence-electron chi connectivity index (χ2n) is 4.34. The Bertz CT molecular complexity index is 697. The van der Waals surface area contributed by atoms with Crippen LogP contribution in [-0.4, -0.2) is 34.0 Å². The fraction of sp³-hybridized carbons (Fsp3) is 0.250. The molecule has 0 spiro atoms. The first-order chi connectivity index (χ1) is 8.65. The minimum Gasteiger partial charge on any atom is -0.344 e. The predicted molar refractivity (Wildman–Crippen MR) is 68.3 cm³/mol. The predicted octanol–water partition coefficient (Wildman–Crippen LogP) is 1.69. The lowest BCUT2D eigenvalue weighted by Crippen LogP contribution is -2.10. The van der Waals surface area contributed by atoms with E-state index in [1.165, 1.54) is 0 Å². The van der Waals surface area contributed by atoms with Crippen molar-refractivity contribution >= 4 is 16.9 Å². The molecule has 0 fully saturated rings. The third-order valence-electron chi connectivity index (χ3n) is 2.71. The number of hydrogen-bond donors (Lipinski definition) is 0. The Morgan fingerprint density at radius 2 is 2.11 bits per heavy atom. The van der Waals surface area contributed by atoms with E-state index < -0.39 is 0 Å². The number of aromatic nitrogens is 4. The van der Waals surface area contributed by atoms with Gasteiger partial charge in [-0.25, -0.2) is 0 Å². The minimum atomic E-state index is 0.511. The SMILES string of the molecule is CN(C)c1noc(-c2cccc3nn(C)cc23)n1. The van der Waals surface area contributed by atoms with Crippen LogP contribution in [0.1, 0.15) is 0 Å². The molecule has 92 valence electrons. The largest absolute Gasteiger partial charge is 0.344 e. The summed E-state index contributed by atoms with van der Waals surface area (Å²) in [6.07, 6.45) is 1.95. The molecule has 3 rings (SSSR count). The van der Waals surface area contributed by atoms with E-state index in [1.54, 1.807) is 9.58 Å². The first-order valence-electron chi connectivity index (χ1n) is 5.59. The topological polar surface area (TPSA) is 60.0 Å². The molecule has 18 heavy (non-hydrogen) atoms. The molecule has 6 heteroatoms. The van der Waals surface area contributed by atoms with Crippen LogP contribution in [0.3, 0.4) is 0 Å². The quantitative estimate of drug-likeness (QED) is 0.685. The summed E-state index contributed by atoms with van der Waals surface area (Å²) in [4.78, 5) is 6.15. The Balaban J connectivity index is 2.18. The first kappa shape index (κ1) is 10.8. The molecule has 0 saturated heterocycles. The number of benzene rings is 1. The van der Waals surface area contributed by atoms with E-state index in [0.29, 0.717) is 11.8 Å². The Morgan fingerprint density at radius 1 is 1.28 bits per heavy atom. The average molecular weight is 243 g/mol. The van der Waals surface area contributed by atoms with Crippen molar-refractivity contribution in [1.29, 1.82) is 0 Å². The minimum absolute atomic E-state index is 0.511. The lowest BCUT2D eigenvalue weighted by molar-refractivity contribution is 0.431. The van der Waals surface area contributed by atoms with Crippen LogP contribution in [-0.2, 0) is 7.05 Å². The summed E-state index contributed by atoms with van der Waals surface area (Å²) in [5.41, 5.74) is 1.82. The Labute approximate surface area is 104 Å². The summed E-state index contributed by atoms with van der Waals surface area (Å²) < 4.78 is 7.06. The van der Waals surface area contributed by atoms with Crippen molar-refractivity contribution < 1.29 is 4.52 Å². The Morgan fingerprint density at radius 3 is 2.83 bits per heavy atom. The van der Waals surface area contributed by atoms with Crippen molar-refractivity contribution in [2.45, 2.75) is 0 Å². The van der Waals surface area contributed by atoms with E-state index in [-0.39, 0.29) is 0 Å². The van der Waals surface area contributed by atoms with Crippen molar-refractivity contribution in [2.24, 2.45) is 7.05 Å². The van der Waals surface area contributed by atoms with Crippen LogP contribution in [0.4, 0.5) is 5.95 Å². The molecule has 0 radical (unpaired) electrons. The van der Waals surface area contributed by atoms with Gasteiger partial charge in [0.25, 0.3) is 11.8 Å². The van der Waals surface area contributed by atoms with Gasteiger partial charge in [0.15, 0.2) is 0 Å². The van der Waals surface area contributed by atoms with Crippen LogP contribution in [0.15, 0.2) is 28.9 Å². The molecular formula is C12H13N5O. The maximum atomic E-state index is 5.29. The van der Waals surface area contributed by atoms with E-state index in [1.807, 2.05) is 45.5 Å². The van der Waals surface area contributed by atoms with Gasteiger partial charge in [0.05, 0.1) is 11.1 Å². The zero-order valence-electron chi connectivity index (χ0n) is 10.5. The van der Waals surface area contributed by atoms with E-state index in [2.05, 4.69) is 15.2 Å². The molecule has 6 nitrogen and oxygen atoms in total. The van der Waals surface area contributed by atoms with Gasteiger partial charge in [0.2, 0.25) is 0 Å². The number of rotatable bonds is 2. The molecule has 1 aromatic carbocycles. The number of aryl methyl sites for hydroxylation is 1. The number of anilines is 1. The Kier molecular flexibility index (Phi) is 2.29. The van der Waals surface area contributed by atoms with Gasteiger partial charge >= 0.3 is 0 Å². The molecule has 3 aromatic rings. The van der Waals surface area contributed by atoms with Gasteiger partial charge < -0.3 is 9.42 Å². The van der Waals surface area contributed by atoms with Gasteiger partial charge in [-0.3, -0.25) is 4.68 Å². The van der Waals surface area contributed by atoms with Gasteiger partial charge in [-0.15, -0.1) is 0 Å². The van der Waals surface area contributed by atoms with E-state index in [4.69, 9.17) is 4.52 Å². The summed E-state index contributed by atoms with van der Waals surface area (Å²) in [5, 5.41) is 9.28. The van der Waals surface area contributed by atoms with Crippen LogP contribution in [0.2, 0.25) is 0 Å². The Hall–Kier alpha value is -2.37. The van der Waals surface area contributed by atoms with Crippen molar-refractivity contribution in [3.05, 3.63) is 24.4 Å². The second kappa shape index (κ2) is 3.83. The first-order valence-corrected chi connectivity index (χ1v) is 5.59. The number of hydrogen-bond acceptors (Lipinski definition) is 5. The zero-order chi connectivity index (χ0) is 12.7. The molecule has 0 bridgehead atoms. The summed E-state index contributed by atoms with van der Waals surface area (Å²) in [6, 6.07) is 5.85. The van der Waals surface area contributed by atoms with E-state index in [0.717, 1.165) is 16.5 Å². The summed E-state index contributed by atoms with van der Waals surface area (Å²) >= 11 is 0. The molecule has 0 amide bonds. The van der Waals surface area contributed by atoms with Crippen molar-refractivity contribution in [3.63, 3.8) is 0 Å².